The predicted octanol–water partition coefficient (Wildman–Crippen LogP) is 5.25. The standard InChI is InChI=1S/C35H43Br3N6O5/c36-28-18-23(19-29(37)33(28)38)17-25(34(48)43-11-5-26(6-12-43)41-15-13-40(14-16-41)22-32(46)47)20-31(45)42-9-7-27(8-10-42)44-21-24-3-1-2-4-30(24)39-35(44)49/h1-4,18-19,25-27H,5-17,20-22H2,(H,39,49)(H,46,47). The average molecular weight is 867 g/mol. The summed E-state index contributed by atoms with van der Waals surface area (Å²) in [6, 6.07) is 12.2. The Hall–Kier alpha value is -2.52. The number of urea groups is 1. The summed E-state index contributed by atoms with van der Waals surface area (Å²) in [5.74, 6) is -1.29. The molecule has 0 spiro atoms. The molecule has 11 nitrogen and oxygen atoms in total. The number of nitrogens with zero attached hydrogens (tertiary/aromatic N) is 5. The number of carbonyl (C=O) groups excluding carboxylic acids is 3. The van der Waals surface area contributed by atoms with E-state index in [0.717, 1.165) is 69.3 Å². The lowest BCUT2D eigenvalue weighted by Gasteiger charge is -2.43. The Morgan fingerprint density at radius 2 is 1.45 bits per heavy atom. The zero-order valence-corrected chi connectivity index (χ0v) is 32.2. The van der Waals surface area contributed by atoms with Crippen molar-refractivity contribution in [1.29, 1.82) is 0 Å². The minimum absolute atomic E-state index is 0.0189. The highest BCUT2D eigenvalue weighted by atomic mass is 79.9. The number of piperazine rings is 1. The molecule has 2 aromatic rings. The van der Waals surface area contributed by atoms with Gasteiger partial charge >= 0.3 is 12.0 Å². The molecule has 4 aliphatic rings. The van der Waals surface area contributed by atoms with Crippen LogP contribution in [0.2, 0.25) is 0 Å². The van der Waals surface area contributed by atoms with Gasteiger partial charge in [-0.2, -0.15) is 0 Å². The van der Waals surface area contributed by atoms with Crippen LogP contribution in [-0.2, 0) is 27.3 Å². The first-order chi connectivity index (χ1) is 23.5. The Morgan fingerprint density at radius 3 is 2.10 bits per heavy atom. The van der Waals surface area contributed by atoms with Gasteiger partial charge in [0.15, 0.2) is 0 Å². The zero-order valence-electron chi connectivity index (χ0n) is 27.5. The molecule has 4 heterocycles. The van der Waals surface area contributed by atoms with Crippen molar-refractivity contribution in [3.63, 3.8) is 0 Å². The molecule has 14 heteroatoms. The van der Waals surface area contributed by atoms with Crippen LogP contribution in [0.15, 0.2) is 49.8 Å². The van der Waals surface area contributed by atoms with Crippen molar-refractivity contribution in [3.05, 3.63) is 60.9 Å². The molecule has 0 radical (unpaired) electrons. The number of benzene rings is 2. The number of likely N-dealkylation sites (tertiary alicyclic amines) is 2. The number of amides is 4. The Bertz CT molecular complexity index is 1530. The van der Waals surface area contributed by atoms with Crippen LogP contribution < -0.4 is 5.32 Å². The molecule has 2 aromatic carbocycles. The van der Waals surface area contributed by atoms with Crippen molar-refractivity contribution in [2.24, 2.45) is 5.92 Å². The van der Waals surface area contributed by atoms with Crippen LogP contribution in [0.1, 0.15) is 43.2 Å². The van der Waals surface area contributed by atoms with E-state index in [1.54, 1.807) is 0 Å². The molecular formula is C35H43Br3N6O5. The number of carboxylic acid groups (broad SMARTS) is 1. The topological polar surface area (TPSA) is 117 Å². The Kier molecular flexibility index (Phi) is 12.0. The number of fused-ring (bicyclic) bond motifs is 1. The van der Waals surface area contributed by atoms with E-state index in [2.05, 4.69) is 58.0 Å². The first-order valence-corrected chi connectivity index (χ1v) is 19.5. The van der Waals surface area contributed by atoms with E-state index >= 15 is 0 Å². The molecule has 0 aliphatic carbocycles. The Balaban J connectivity index is 1.07. The fraction of sp³-hybridized carbons (Fsp3) is 0.543. The van der Waals surface area contributed by atoms with Crippen LogP contribution in [0.5, 0.6) is 0 Å². The molecule has 49 heavy (non-hydrogen) atoms. The lowest BCUT2D eigenvalue weighted by molar-refractivity contribution is -0.143. The van der Waals surface area contributed by atoms with Crippen molar-refractivity contribution >= 4 is 77.3 Å². The Labute approximate surface area is 312 Å². The van der Waals surface area contributed by atoms with Gasteiger partial charge in [-0.1, -0.05) is 18.2 Å². The summed E-state index contributed by atoms with van der Waals surface area (Å²) in [6.07, 6.45) is 3.71. The van der Waals surface area contributed by atoms with Gasteiger partial charge in [-0.05, 0) is 109 Å². The van der Waals surface area contributed by atoms with Crippen molar-refractivity contribution < 1.29 is 24.3 Å². The molecule has 0 saturated carbocycles. The molecule has 6 rings (SSSR count). The van der Waals surface area contributed by atoms with Crippen molar-refractivity contribution in [2.75, 3.05) is 64.2 Å². The molecule has 4 amide bonds. The normalized spacial score (nSPS) is 20.6. The molecule has 264 valence electrons. The monoisotopic (exact) mass is 864 g/mol. The highest BCUT2D eigenvalue weighted by Gasteiger charge is 2.36. The number of hydrogen-bond acceptors (Lipinski definition) is 6. The summed E-state index contributed by atoms with van der Waals surface area (Å²) in [6.45, 7) is 6.18. The lowest BCUT2D eigenvalue weighted by atomic mass is 9.92. The molecular weight excluding hydrogens is 824 g/mol. The predicted molar refractivity (Wildman–Crippen MR) is 197 cm³/mol. The quantitative estimate of drug-likeness (QED) is 0.331. The minimum atomic E-state index is -0.793. The van der Waals surface area contributed by atoms with Gasteiger partial charge in [0.1, 0.15) is 0 Å². The number of nitrogens with one attached hydrogen (secondary N) is 1. The molecule has 3 fully saturated rings. The molecule has 0 bridgehead atoms. The van der Waals surface area contributed by atoms with Crippen LogP contribution >= 0.6 is 47.8 Å². The second-order valence-electron chi connectivity index (χ2n) is 13.6. The number of halogens is 3. The zero-order chi connectivity index (χ0) is 34.7. The number of hydrogen-bond donors (Lipinski definition) is 2. The number of anilines is 1. The maximum Gasteiger partial charge on any atom is 0.322 e. The van der Waals surface area contributed by atoms with E-state index in [-0.39, 0.29) is 36.9 Å². The SMILES string of the molecule is O=C(O)CN1CCN(C2CCN(C(=O)C(CC(=O)N3CCC(N4Cc5ccccc5NC4=O)CC3)Cc3cc(Br)c(Br)c(Br)c3)CC2)CC1. The van der Waals surface area contributed by atoms with Gasteiger partial charge in [-0.3, -0.25) is 24.2 Å². The van der Waals surface area contributed by atoms with Gasteiger partial charge < -0.3 is 25.1 Å². The van der Waals surface area contributed by atoms with Gasteiger partial charge in [0.25, 0.3) is 0 Å². The summed E-state index contributed by atoms with van der Waals surface area (Å²) in [4.78, 5) is 62.1. The maximum atomic E-state index is 14.2. The van der Waals surface area contributed by atoms with E-state index in [1.165, 1.54) is 0 Å². The summed E-state index contributed by atoms with van der Waals surface area (Å²) in [5.41, 5.74) is 2.92. The number of para-hydroxylation sites is 1. The van der Waals surface area contributed by atoms with Crippen LogP contribution in [-0.4, -0.2) is 124 Å². The molecule has 2 N–H and O–H groups in total. The molecule has 3 saturated heterocycles. The molecule has 1 unspecified atom stereocenters. The van der Waals surface area contributed by atoms with E-state index < -0.39 is 11.9 Å². The smallest absolute Gasteiger partial charge is 0.322 e. The number of aliphatic carboxylic acids is 1. The van der Waals surface area contributed by atoms with Crippen LogP contribution in [0.3, 0.4) is 0 Å². The second-order valence-corrected chi connectivity index (χ2v) is 16.1. The van der Waals surface area contributed by atoms with Crippen LogP contribution in [0.25, 0.3) is 0 Å². The third-order valence-corrected chi connectivity index (χ3v) is 13.6. The van der Waals surface area contributed by atoms with Gasteiger partial charge in [0, 0.05) is 96.5 Å². The van der Waals surface area contributed by atoms with Gasteiger partial charge in [-0.25, -0.2) is 4.79 Å². The van der Waals surface area contributed by atoms with Crippen LogP contribution in [0.4, 0.5) is 10.5 Å². The summed E-state index contributed by atoms with van der Waals surface area (Å²) in [5, 5.41) is 12.1. The fourth-order valence-corrected chi connectivity index (χ4v) is 9.24. The van der Waals surface area contributed by atoms with Gasteiger partial charge in [0.05, 0.1) is 12.5 Å². The van der Waals surface area contributed by atoms with Crippen molar-refractivity contribution in [2.45, 2.75) is 57.2 Å². The van der Waals surface area contributed by atoms with Crippen LogP contribution in [0, 0.1) is 5.92 Å². The van der Waals surface area contributed by atoms with E-state index in [1.807, 2.05) is 56.0 Å². The summed E-state index contributed by atoms with van der Waals surface area (Å²) < 4.78 is 2.66. The fourth-order valence-electron chi connectivity index (χ4n) is 7.73. The third kappa shape index (κ3) is 8.87. The largest absolute Gasteiger partial charge is 0.480 e. The number of piperidine rings is 2. The van der Waals surface area contributed by atoms with Crippen molar-refractivity contribution in [1.82, 2.24) is 24.5 Å². The van der Waals surface area contributed by atoms with E-state index in [9.17, 15) is 19.2 Å². The van der Waals surface area contributed by atoms with Crippen molar-refractivity contribution in [3.8, 4) is 0 Å². The molecule has 1 atom stereocenters. The van der Waals surface area contributed by atoms with Gasteiger partial charge in [-0.15, -0.1) is 0 Å². The summed E-state index contributed by atoms with van der Waals surface area (Å²) in [7, 11) is 0. The highest BCUT2D eigenvalue weighted by molar-refractivity contribution is 9.14. The second kappa shape index (κ2) is 16.2. The first-order valence-electron chi connectivity index (χ1n) is 17.1. The third-order valence-electron chi connectivity index (χ3n) is 10.5. The summed E-state index contributed by atoms with van der Waals surface area (Å²) >= 11 is 10.8. The van der Waals surface area contributed by atoms with Gasteiger partial charge in [0.2, 0.25) is 11.8 Å². The minimum Gasteiger partial charge on any atom is -0.480 e. The maximum absolute atomic E-state index is 14.2. The van der Waals surface area contributed by atoms with E-state index in [4.69, 9.17) is 5.11 Å². The molecule has 4 aliphatic heterocycles. The highest BCUT2D eigenvalue weighted by Crippen LogP contribution is 2.34. The Morgan fingerprint density at radius 1 is 0.837 bits per heavy atom. The first kappa shape index (κ1) is 36.3. The number of rotatable bonds is 9. The average Bonchev–Trinajstić information content (AvgIpc) is 3.10. The van der Waals surface area contributed by atoms with E-state index in [0.29, 0.717) is 58.0 Å². The molecule has 0 aromatic heterocycles. The number of carbonyl (C=O) groups is 4. The number of carboxylic acids is 1. The lowest BCUT2D eigenvalue weighted by Crippen LogP contribution is -2.55.